The highest BCUT2D eigenvalue weighted by Crippen LogP contribution is 2.28. The van der Waals surface area contributed by atoms with E-state index in [4.69, 9.17) is 4.74 Å². The monoisotopic (exact) mass is 318 g/mol. The third-order valence-corrected chi connectivity index (χ3v) is 5.11. The number of pyridine rings is 1. The fourth-order valence-corrected chi connectivity index (χ4v) is 3.60. The van der Waals surface area contributed by atoms with Gasteiger partial charge in [-0.3, -0.25) is 9.69 Å². The van der Waals surface area contributed by atoms with E-state index in [0.29, 0.717) is 24.5 Å². The quantitative estimate of drug-likeness (QED) is 0.823. The second-order valence-electron chi connectivity index (χ2n) is 6.77. The van der Waals surface area contributed by atoms with Crippen LogP contribution in [0.2, 0.25) is 0 Å². The molecular formula is C17H26N4O2. The molecule has 126 valence electrons. The maximum absolute atomic E-state index is 12.7. The Morgan fingerprint density at radius 1 is 1.35 bits per heavy atom. The molecule has 0 spiro atoms. The summed E-state index contributed by atoms with van der Waals surface area (Å²) in [6.45, 7) is 4.45. The lowest BCUT2D eigenvalue weighted by atomic mass is 10.1. The summed E-state index contributed by atoms with van der Waals surface area (Å²) in [4.78, 5) is 23.7. The van der Waals surface area contributed by atoms with Crippen LogP contribution < -0.4 is 4.74 Å². The van der Waals surface area contributed by atoms with E-state index in [2.05, 4.69) is 33.8 Å². The van der Waals surface area contributed by atoms with Crippen molar-refractivity contribution in [1.29, 1.82) is 0 Å². The van der Waals surface area contributed by atoms with Crippen molar-refractivity contribution in [3.05, 3.63) is 23.9 Å². The number of hydrogen-bond donors (Lipinski definition) is 0. The first-order chi connectivity index (χ1) is 11.0. The second-order valence-corrected chi connectivity index (χ2v) is 6.77. The molecule has 1 aromatic rings. The molecule has 3 rings (SSSR count). The van der Waals surface area contributed by atoms with Crippen molar-refractivity contribution < 1.29 is 9.53 Å². The van der Waals surface area contributed by atoms with Crippen LogP contribution in [-0.4, -0.2) is 78.0 Å². The summed E-state index contributed by atoms with van der Waals surface area (Å²) in [6, 6.07) is 6.46. The fraction of sp³-hybridized carbons (Fsp3) is 0.647. The number of ether oxygens (including phenoxy) is 1. The Kier molecular flexibility index (Phi) is 4.55. The van der Waals surface area contributed by atoms with E-state index in [1.165, 1.54) is 0 Å². The lowest BCUT2D eigenvalue weighted by Crippen LogP contribution is -2.58. The number of aromatic nitrogens is 1. The summed E-state index contributed by atoms with van der Waals surface area (Å²) < 4.78 is 5.19. The Balaban J connectivity index is 1.72. The smallest absolute Gasteiger partial charge is 0.240 e. The van der Waals surface area contributed by atoms with Gasteiger partial charge in [0.25, 0.3) is 0 Å². The number of rotatable bonds is 4. The van der Waals surface area contributed by atoms with E-state index in [1.807, 2.05) is 25.1 Å². The number of fused-ring (bicyclic) bond motifs is 1. The molecule has 6 heteroatoms. The summed E-state index contributed by atoms with van der Waals surface area (Å²) >= 11 is 0. The number of nitrogens with zero attached hydrogens (tertiary/aromatic N) is 4. The normalized spacial score (nSPS) is 28.3. The summed E-state index contributed by atoms with van der Waals surface area (Å²) in [5, 5.41) is 0. The average molecular weight is 318 g/mol. The Morgan fingerprint density at radius 2 is 2.13 bits per heavy atom. The molecule has 0 N–H and O–H groups in total. The Hall–Kier alpha value is -1.66. The van der Waals surface area contributed by atoms with Crippen molar-refractivity contribution in [3.8, 4) is 5.88 Å². The first kappa shape index (κ1) is 16.2. The Bertz CT molecular complexity index is 577. The average Bonchev–Trinajstić information content (AvgIpc) is 2.97. The molecule has 2 aliphatic heterocycles. The topological polar surface area (TPSA) is 48.9 Å². The van der Waals surface area contributed by atoms with E-state index in [1.54, 1.807) is 7.11 Å². The van der Waals surface area contributed by atoms with Gasteiger partial charge in [0.05, 0.1) is 18.8 Å². The molecule has 23 heavy (non-hydrogen) atoms. The van der Waals surface area contributed by atoms with Gasteiger partial charge in [-0.15, -0.1) is 0 Å². The van der Waals surface area contributed by atoms with Gasteiger partial charge in [-0.2, -0.15) is 0 Å². The third kappa shape index (κ3) is 3.19. The first-order valence-electron chi connectivity index (χ1n) is 8.20. The molecule has 0 unspecified atom stereocenters. The number of carbonyl (C=O) groups excluding carboxylic acids is 1. The number of amides is 1. The standard InChI is InChI=1S/C17H26N4O2/c1-12-17(22)21-11-14(19(2)3)8-15(21)10-20(12)9-13-6-5-7-16(18-13)23-4/h5-7,12,14-15H,8-11H2,1-4H3/t12-,14-,15-/m0/s1. The summed E-state index contributed by atoms with van der Waals surface area (Å²) in [5.74, 6) is 0.863. The fourth-order valence-electron chi connectivity index (χ4n) is 3.60. The van der Waals surface area contributed by atoms with Crippen LogP contribution in [0.15, 0.2) is 18.2 Å². The van der Waals surface area contributed by atoms with E-state index in [-0.39, 0.29) is 11.9 Å². The van der Waals surface area contributed by atoms with Crippen molar-refractivity contribution in [2.45, 2.75) is 38.0 Å². The molecule has 0 bridgehead atoms. The molecule has 2 fully saturated rings. The van der Waals surface area contributed by atoms with Crippen LogP contribution in [0.5, 0.6) is 5.88 Å². The van der Waals surface area contributed by atoms with Crippen LogP contribution in [-0.2, 0) is 11.3 Å². The molecule has 0 radical (unpaired) electrons. The molecule has 2 aliphatic rings. The number of carbonyl (C=O) groups is 1. The zero-order valence-electron chi connectivity index (χ0n) is 14.4. The van der Waals surface area contributed by atoms with Crippen molar-refractivity contribution in [2.75, 3.05) is 34.3 Å². The number of piperazine rings is 1. The lowest BCUT2D eigenvalue weighted by molar-refractivity contribution is -0.143. The highest BCUT2D eigenvalue weighted by atomic mass is 16.5. The zero-order chi connectivity index (χ0) is 16.6. The maximum Gasteiger partial charge on any atom is 0.240 e. The van der Waals surface area contributed by atoms with Crippen LogP contribution in [0, 0.1) is 0 Å². The van der Waals surface area contributed by atoms with E-state index in [9.17, 15) is 4.79 Å². The van der Waals surface area contributed by atoms with Gasteiger partial charge >= 0.3 is 0 Å². The minimum atomic E-state index is -0.0971. The van der Waals surface area contributed by atoms with E-state index < -0.39 is 0 Å². The van der Waals surface area contributed by atoms with Gasteiger partial charge in [-0.1, -0.05) is 6.07 Å². The largest absolute Gasteiger partial charge is 0.481 e. The van der Waals surface area contributed by atoms with Gasteiger partial charge in [0.2, 0.25) is 11.8 Å². The van der Waals surface area contributed by atoms with Crippen LogP contribution in [0.3, 0.4) is 0 Å². The van der Waals surface area contributed by atoms with Gasteiger partial charge in [-0.05, 0) is 33.5 Å². The van der Waals surface area contributed by atoms with Crippen LogP contribution in [0.25, 0.3) is 0 Å². The van der Waals surface area contributed by atoms with Gasteiger partial charge in [0.1, 0.15) is 0 Å². The molecule has 0 aliphatic carbocycles. The summed E-state index contributed by atoms with van der Waals surface area (Å²) in [6.07, 6.45) is 1.05. The second kappa shape index (κ2) is 6.45. The number of hydrogen-bond acceptors (Lipinski definition) is 5. The molecule has 1 amide bonds. The molecule has 0 aromatic carbocycles. The number of likely N-dealkylation sites (N-methyl/N-ethyl adjacent to an activating group) is 1. The molecule has 3 heterocycles. The van der Waals surface area contributed by atoms with Crippen LogP contribution in [0.1, 0.15) is 19.0 Å². The van der Waals surface area contributed by atoms with Crippen molar-refractivity contribution in [1.82, 2.24) is 19.7 Å². The molecule has 0 saturated carbocycles. The van der Waals surface area contributed by atoms with Crippen molar-refractivity contribution >= 4 is 5.91 Å². The van der Waals surface area contributed by atoms with Gasteiger partial charge < -0.3 is 14.5 Å². The molecule has 3 atom stereocenters. The summed E-state index contributed by atoms with van der Waals surface area (Å²) in [7, 11) is 5.81. The van der Waals surface area contributed by atoms with E-state index >= 15 is 0 Å². The zero-order valence-corrected chi connectivity index (χ0v) is 14.4. The lowest BCUT2D eigenvalue weighted by Gasteiger charge is -2.41. The first-order valence-corrected chi connectivity index (χ1v) is 8.20. The third-order valence-electron chi connectivity index (χ3n) is 5.11. The Morgan fingerprint density at radius 3 is 2.83 bits per heavy atom. The highest BCUT2D eigenvalue weighted by molar-refractivity contribution is 5.83. The van der Waals surface area contributed by atoms with E-state index in [0.717, 1.165) is 25.2 Å². The minimum Gasteiger partial charge on any atom is -0.481 e. The molecule has 1 aromatic heterocycles. The highest BCUT2D eigenvalue weighted by Gasteiger charge is 2.44. The Labute approximate surface area is 138 Å². The predicted octanol–water partition coefficient (Wildman–Crippen LogP) is 0.825. The van der Waals surface area contributed by atoms with Crippen LogP contribution >= 0.6 is 0 Å². The molecular weight excluding hydrogens is 292 g/mol. The van der Waals surface area contributed by atoms with Gasteiger partial charge in [0, 0.05) is 37.8 Å². The summed E-state index contributed by atoms with van der Waals surface area (Å²) in [5.41, 5.74) is 0.944. The van der Waals surface area contributed by atoms with Gasteiger partial charge in [0.15, 0.2) is 0 Å². The van der Waals surface area contributed by atoms with Crippen molar-refractivity contribution in [3.63, 3.8) is 0 Å². The molecule has 6 nitrogen and oxygen atoms in total. The van der Waals surface area contributed by atoms with Crippen molar-refractivity contribution in [2.24, 2.45) is 0 Å². The number of methoxy groups -OCH3 is 1. The SMILES string of the molecule is COc1cccc(CN2C[C@@H]3C[C@H](N(C)C)CN3C(=O)[C@@H]2C)n1. The minimum absolute atomic E-state index is 0.0971. The maximum atomic E-state index is 12.7. The van der Waals surface area contributed by atoms with Gasteiger partial charge in [-0.25, -0.2) is 4.98 Å². The predicted molar refractivity (Wildman–Crippen MR) is 88.3 cm³/mol. The van der Waals surface area contributed by atoms with Crippen LogP contribution in [0.4, 0.5) is 0 Å². The molecule has 2 saturated heterocycles.